The maximum atomic E-state index is 12.2. The fourth-order valence-corrected chi connectivity index (χ4v) is 3.07. The Morgan fingerprint density at radius 3 is 2.92 bits per heavy atom. The first-order valence-corrected chi connectivity index (χ1v) is 9.00. The molecule has 0 saturated carbocycles. The number of amides is 1. The summed E-state index contributed by atoms with van der Waals surface area (Å²) in [6, 6.07) is 14.2. The Balaban J connectivity index is 1.57. The molecule has 1 aliphatic rings. The minimum Gasteiger partial charge on any atom is -0.375 e. The summed E-state index contributed by atoms with van der Waals surface area (Å²) in [6.07, 6.45) is 2.12. The van der Waals surface area contributed by atoms with Crippen molar-refractivity contribution in [3.8, 4) is 0 Å². The SMILES string of the molecule is CN(Cc1ccccc1)c1ncccc1CNC(=O)CC1CNCCO1. The van der Waals surface area contributed by atoms with Crippen LogP contribution in [0.25, 0.3) is 0 Å². The second-order valence-corrected chi connectivity index (χ2v) is 6.51. The number of nitrogens with zero attached hydrogens (tertiary/aromatic N) is 2. The molecule has 0 spiro atoms. The topological polar surface area (TPSA) is 66.5 Å². The van der Waals surface area contributed by atoms with Crippen LogP contribution in [0.1, 0.15) is 17.5 Å². The van der Waals surface area contributed by atoms with Gasteiger partial charge in [-0.15, -0.1) is 0 Å². The van der Waals surface area contributed by atoms with E-state index in [-0.39, 0.29) is 12.0 Å². The van der Waals surface area contributed by atoms with Gasteiger partial charge in [0.1, 0.15) is 5.82 Å². The van der Waals surface area contributed by atoms with Crippen LogP contribution in [0.15, 0.2) is 48.7 Å². The fraction of sp³-hybridized carbons (Fsp3) is 0.400. The number of nitrogens with one attached hydrogen (secondary N) is 2. The van der Waals surface area contributed by atoms with E-state index in [4.69, 9.17) is 4.74 Å². The fourth-order valence-electron chi connectivity index (χ4n) is 3.07. The second-order valence-electron chi connectivity index (χ2n) is 6.51. The lowest BCUT2D eigenvalue weighted by atomic mass is 10.2. The van der Waals surface area contributed by atoms with Crippen molar-refractivity contribution in [2.24, 2.45) is 0 Å². The van der Waals surface area contributed by atoms with E-state index < -0.39 is 0 Å². The zero-order valence-corrected chi connectivity index (χ0v) is 15.1. The van der Waals surface area contributed by atoms with Gasteiger partial charge in [-0.05, 0) is 11.6 Å². The molecule has 138 valence electrons. The van der Waals surface area contributed by atoms with Gasteiger partial charge >= 0.3 is 0 Å². The first-order chi connectivity index (χ1) is 12.7. The summed E-state index contributed by atoms with van der Waals surface area (Å²) >= 11 is 0. The van der Waals surface area contributed by atoms with Crippen LogP contribution in [0.5, 0.6) is 0 Å². The highest BCUT2D eigenvalue weighted by atomic mass is 16.5. The van der Waals surface area contributed by atoms with Crippen LogP contribution in [0.2, 0.25) is 0 Å². The molecule has 2 N–H and O–H groups in total. The van der Waals surface area contributed by atoms with E-state index in [1.807, 2.05) is 37.4 Å². The third-order valence-corrected chi connectivity index (χ3v) is 4.39. The molecule has 1 amide bonds. The van der Waals surface area contributed by atoms with Crippen molar-refractivity contribution in [2.75, 3.05) is 31.6 Å². The smallest absolute Gasteiger partial charge is 0.222 e. The van der Waals surface area contributed by atoms with Crippen molar-refractivity contribution in [2.45, 2.75) is 25.6 Å². The molecule has 1 atom stereocenters. The quantitative estimate of drug-likeness (QED) is 0.792. The number of morpholine rings is 1. The Morgan fingerprint density at radius 2 is 2.15 bits per heavy atom. The van der Waals surface area contributed by atoms with Crippen molar-refractivity contribution in [3.05, 3.63) is 59.8 Å². The molecule has 1 fully saturated rings. The molecule has 2 heterocycles. The zero-order chi connectivity index (χ0) is 18.2. The second kappa shape index (κ2) is 9.31. The van der Waals surface area contributed by atoms with Crippen molar-refractivity contribution in [1.82, 2.24) is 15.6 Å². The van der Waals surface area contributed by atoms with Gasteiger partial charge in [-0.2, -0.15) is 0 Å². The molecule has 0 radical (unpaired) electrons. The molecule has 0 aliphatic carbocycles. The molecular formula is C20H26N4O2. The molecule has 1 aromatic heterocycles. The number of ether oxygens (including phenoxy) is 1. The number of aromatic nitrogens is 1. The summed E-state index contributed by atoms with van der Waals surface area (Å²) < 4.78 is 5.59. The monoisotopic (exact) mass is 354 g/mol. The van der Waals surface area contributed by atoms with Gasteiger partial charge in [-0.3, -0.25) is 4.79 Å². The molecule has 1 saturated heterocycles. The van der Waals surface area contributed by atoms with Gasteiger partial charge in [0.25, 0.3) is 0 Å². The summed E-state index contributed by atoms with van der Waals surface area (Å²) in [6.45, 7) is 3.47. The van der Waals surface area contributed by atoms with Crippen LogP contribution >= 0.6 is 0 Å². The van der Waals surface area contributed by atoms with E-state index in [1.54, 1.807) is 6.20 Å². The molecule has 1 aromatic carbocycles. The number of anilines is 1. The third-order valence-electron chi connectivity index (χ3n) is 4.39. The van der Waals surface area contributed by atoms with Crippen molar-refractivity contribution in [1.29, 1.82) is 0 Å². The van der Waals surface area contributed by atoms with E-state index in [0.29, 0.717) is 19.6 Å². The molecule has 1 unspecified atom stereocenters. The Kier molecular flexibility index (Phi) is 6.57. The van der Waals surface area contributed by atoms with Crippen molar-refractivity contribution >= 4 is 11.7 Å². The summed E-state index contributed by atoms with van der Waals surface area (Å²) in [5.74, 6) is 0.881. The van der Waals surface area contributed by atoms with E-state index in [1.165, 1.54) is 5.56 Å². The van der Waals surface area contributed by atoms with Gasteiger partial charge < -0.3 is 20.3 Å². The highest BCUT2D eigenvalue weighted by molar-refractivity contribution is 5.76. The lowest BCUT2D eigenvalue weighted by Crippen LogP contribution is -2.41. The van der Waals surface area contributed by atoms with Gasteiger partial charge in [-0.1, -0.05) is 36.4 Å². The van der Waals surface area contributed by atoms with Crippen molar-refractivity contribution in [3.63, 3.8) is 0 Å². The van der Waals surface area contributed by atoms with E-state index in [9.17, 15) is 4.79 Å². The number of hydrogen-bond acceptors (Lipinski definition) is 5. The Hall–Kier alpha value is -2.44. The highest BCUT2D eigenvalue weighted by Gasteiger charge is 2.17. The minimum absolute atomic E-state index is 0.000726. The summed E-state index contributed by atoms with van der Waals surface area (Å²) in [4.78, 5) is 18.8. The summed E-state index contributed by atoms with van der Waals surface area (Å²) in [7, 11) is 2.02. The molecule has 6 heteroatoms. The largest absolute Gasteiger partial charge is 0.375 e. The number of benzene rings is 1. The molecule has 3 rings (SSSR count). The summed E-state index contributed by atoms with van der Waals surface area (Å²) in [5, 5.41) is 6.23. The third kappa shape index (κ3) is 5.28. The van der Waals surface area contributed by atoms with E-state index >= 15 is 0 Å². The van der Waals surface area contributed by atoms with Crippen LogP contribution in [0.3, 0.4) is 0 Å². The Morgan fingerprint density at radius 1 is 1.31 bits per heavy atom. The molecule has 2 aromatic rings. The lowest BCUT2D eigenvalue weighted by molar-refractivity contribution is -0.124. The average Bonchev–Trinajstić information content (AvgIpc) is 2.68. The highest BCUT2D eigenvalue weighted by Crippen LogP contribution is 2.18. The Labute approximate surface area is 154 Å². The first kappa shape index (κ1) is 18.4. The normalized spacial score (nSPS) is 16.9. The van der Waals surface area contributed by atoms with E-state index in [0.717, 1.165) is 31.0 Å². The van der Waals surface area contributed by atoms with Crippen LogP contribution in [-0.2, 0) is 22.6 Å². The van der Waals surface area contributed by atoms with Crippen LogP contribution in [0.4, 0.5) is 5.82 Å². The minimum atomic E-state index is -0.0436. The molecule has 26 heavy (non-hydrogen) atoms. The summed E-state index contributed by atoms with van der Waals surface area (Å²) in [5.41, 5.74) is 2.22. The lowest BCUT2D eigenvalue weighted by Gasteiger charge is -2.23. The van der Waals surface area contributed by atoms with Crippen LogP contribution in [-0.4, -0.2) is 43.7 Å². The first-order valence-electron chi connectivity index (χ1n) is 9.00. The number of carbonyl (C=O) groups is 1. The van der Waals surface area contributed by atoms with Gasteiger partial charge in [0.15, 0.2) is 0 Å². The predicted octanol–water partition coefficient (Wildman–Crippen LogP) is 1.71. The van der Waals surface area contributed by atoms with Gasteiger partial charge in [-0.25, -0.2) is 4.98 Å². The van der Waals surface area contributed by atoms with Crippen molar-refractivity contribution < 1.29 is 9.53 Å². The number of hydrogen-bond donors (Lipinski definition) is 2. The Bertz CT molecular complexity index is 702. The molecule has 0 bridgehead atoms. The number of pyridine rings is 1. The standard InChI is InChI=1S/C20H26N4O2/c1-24(15-16-6-3-2-4-7-16)20-17(8-5-9-22-20)13-23-19(25)12-18-14-21-10-11-26-18/h2-9,18,21H,10-15H2,1H3,(H,23,25). The van der Waals surface area contributed by atoms with Crippen LogP contribution in [0, 0.1) is 0 Å². The average molecular weight is 354 g/mol. The molecule has 6 nitrogen and oxygen atoms in total. The van der Waals surface area contributed by atoms with E-state index in [2.05, 4.69) is 32.7 Å². The zero-order valence-electron chi connectivity index (χ0n) is 15.1. The van der Waals surface area contributed by atoms with Gasteiger partial charge in [0, 0.05) is 45.0 Å². The van der Waals surface area contributed by atoms with Gasteiger partial charge in [0.05, 0.1) is 19.1 Å². The number of rotatable bonds is 7. The predicted molar refractivity (Wildman–Crippen MR) is 102 cm³/mol. The maximum absolute atomic E-state index is 12.2. The van der Waals surface area contributed by atoms with Gasteiger partial charge in [0.2, 0.25) is 5.91 Å². The molecule has 1 aliphatic heterocycles. The maximum Gasteiger partial charge on any atom is 0.222 e. The van der Waals surface area contributed by atoms with Crippen LogP contribution < -0.4 is 15.5 Å². The number of carbonyl (C=O) groups excluding carboxylic acids is 1. The molecular weight excluding hydrogens is 328 g/mol.